The zero-order valence-electron chi connectivity index (χ0n) is 13.8. The van der Waals surface area contributed by atoms with E-state index in [1.165, 1.54) is 18.4 Å². The summed E-state index contributed by atoms with van der Waals surface area (Å²) in [6.07, 6.45) is 12.5. The van der Waals surface area contributed by atoms with Gasteiger partial charge in [0.05, 0.1) is 0 Å². The van der Waals surface area contributed by atoms with E-state index in [0.29, 0.717) is 6.04 Å². The van der Waals surface area contributed by atoms with Gasteiger partial charge in [0.25, 0.3) is 0 Å². The number of hydrogen-bond acceptors (Lipinski definition) is 1. The Morgan fingerprint density at radius 2 is 2.10 bits per heavy atom. The van der Waals surface area contributed by atoms with Crippen LogP contribution in [0.2, 0.25) is 0 Å². The molecule has 0 saturated heterocycles. The van der Waals surface area contributed by atoms with E-state index >= 15 is 0 Å². The fraction of sp³-hybridized carbons (Fsp3) is 0.474. The Balaban J connectivity index is 2.24. The monoisotopic (exact) mass is 285 g/mol. The number of rotatable bonds is 5. The van der Waals surface area contributed by atoms with Gasteiger partial charge in [-0.1, -0.05) is 43.0 Å². The van der Waals surface area contributed by atoms with E-state index in [-0.39, 0.29) is 0 Å². The number of nitrogens with zero attached hydrogens (tertiary/aromatic N) is 1. The predicted molar refractivity (Wildman–Crippen MR) is 91.6 cm³/mol. The maximum absolute atomic E-state index is 4.22. The van der Waals surface area contributed by atoms with Crippen molar-refractivity contribution < 1.29 is 4.59 Å². The smallest absolute Gasteiger partial charge is 0.126 e. The van der Waals surface area contributed by atoms with Gasteiger partial charge in [-0.25, -0.2) is 4.59 Å². The standard InChI is InChI=1S/C19H29N2/c1-15(2)16(3)19-12-9-13-21(14-19,20-5)17(4)18-10-7-6-8-11-18/h6-7,10,12,17,20H,1,3,8-9,11,13-14H2,2,4-5H3/q+1. The van der Waals surface area contributed by atoms with Crippen LogP contribution in [-0.4, -0.2) is 30.8 Å². The SMILES string of the molecule is C=C(C)C(=C)C1=CCC[N+](NC)(C(C)C2=CC=CCC2)C1. The minimum absolute atomic E-state index is 0.488. The van der Waals surface area contributed by atoms with E-state index < -0.39 is 0 Å². The first-order chi connectivity index (χ1) is 10.00. The van der Waals surface area contributed by atoms with E-state index in [0.717, 1.165) is 35.2 Å². The van der Waals surface area contributed by atoms with Gasteiger partial charge in [-0.3, -0.25) is 0 Å². The fourth-order valence-electron chi connectivity index (χ4n) is 3.41. The molecular formula is C19H29N2+. The molecule has 114 valence electrons. The lowest BCUT2D eigenvalue weighted by Crippen LogP contribution is -2.64. The second-order valence-electron chi connectivity index (χ2n) is 6.30. The number of nitrogens with one attached hydrogen (secondary N) is 1. The van der Waals surface area contributed by atoms with Crippen LogP contribution >= 0.6 is 0 Å². The summed E-state index contributed by atoms with van der Waals surface area (Å²) in [5.41, 5.74) is 8.68. The Hall–Kier alpha value is -1.38. The molecule has 1 aliphatic carbocycles. The predicted octanol–water partition coefficient (Wildman–Crippen LogP) is 4.06. The van der Waals surface area contributed by atoms with Gasteiger partial charge in [0.2, 0.25) is 0 Å². The molecule has 0 aromatic heterocycles. The van der Waals surface area contributed by atoms with Crippen molar-refractivity contribution in [1.29, 1.82) is 0 Å². The van der Waals surface area contributed by atoms with Gasteiger partial charge in [-0.2, -0.15) is 5.43 Å². The van der Waals surface area contributed by atoms with Crippen molar-refractivity contribution in [1.82, 2.24) is 5.43 Å². The number of quaternary nitrogens is 1. The van der Waals surface area contributed by atoms with Gasteiger partial charge in [0.1, 0.15) is 19.1 Å². The minimum Gasteiger partial charge on any atom is -0.236 e. The van der Waals surface area contributed by atoms with Gasteiger partial charge in [0, 0.05) is 19.0 Å². The van der Waals surface area contributed by atoms with E-state index in [4.69, 9.17) is 0 Å². The van der Waals surface area contributed by atoms with Crippen molar-refractivity contribution in [2.75, 3.05) is 20.1 Å². The first-order valence-electron chi connectivity index (χ1n) is 7.96. The second kappa shape index (κ2) is 6.59. The molecule has 2 rings (SSSR count). The molecule has 1 aliphatic heterocycles. The first kappa shape index (κ1) is 16.0. The Bertz CT molecular complexity index is 522. The summed E-state index contributed by atoms with van der Waals surface area (Å²) in [5.74, 6) is 0. The molecule has 2 aliphatic rings. The molecule has 0 amide bonds. The maximum Gasteiger partial charge on any atom is 0.126 e. The highest BCUT2D eigenvalue weighted by Gasteiger charge is 2.38. The van der Waals surface area contributed by atoms with E-state index in [9.17, 15) is 0 Å². The van der Waals surface area contributed by atoms with Crippen molar-refractivity contribution in [3.05, 3.63) is 59.8 Å². The molecule has 2 nitrogen and oxygen atoms in total. The molecule has 2 atom stereocenters. The maximum atomic E-state index is 4.22. The Morgan fingerprint density at radius 3 is 2.67 bits per heavy atom. The van der Waals surface area contributed by atoms with Crippen molar-refractivity contribution in [2.24, 2.45) is 0 Å². The summed E-state index contributed by atoms with van der Waals surface area (Å²) in [5, 5.41) is 0. The fourth-order valence-corrected chi connectivity index (χ4v) is 3.41. The molecule has 0 radical (unpaired) electrons. The normalized spacial score (nSPS) is 26.8. The molecule has 2 heteroatoms. The Kier molecular flexibility index (Phi) is 5.02. The molecule has 0 saturated carbocycles. The summed E-state index contributed by atoms with van der Waals surface area (Å²) >= 11 is 0. The highest BCUT2D eigenvalue weighted by Crippen LogP contribution is 2.31. The molecule has 1 heterocycles. The zero-order chi connectivity index (χ0) is 15.5. The minimum atomic E-state index is 0.488. The van der Waals surface area contributed by atoms with Crippen LogP contribution in [0.1, 0.15) is 33.1 Å². The topological polar surface area (TPSA) is 12.0 Å². The van der Waals surface area contributed by atoms with Crippen molar-refractivity contribution in [3.8, 4) is 0 Å². The van der Waals surface area contributed by atoms with Crippen LogP contribution in [0.3, 0.4) is 0 Å². The lowest BCUT2D eigenvalue weighted by atomic mass is 9.92. The molecule has 1 N–H and O–H groups in total. The third-order valence-electron chi connectivity index (χ3n) is 5.04. The molecular weight excluding hydrogens is 256 g/mol. The van der Waals surface area contributed by atoms with E-state index in [1.807, 2.05) is 6.92 Å². The van der Waals surface area contributed by atoms with Gasteiger partial charge in [0.15, 0.2) is 0 Å². The molecule has 0 fully saturated rings. The average molecular weight is 285 g/mol. The number of hydrogen-bond donors (Lipinski definition) is 1. The van der Waals surface area contributed by atoms with Crippen LogP contribution in [-0.2, 0) is 0 Å². The molecule has 0 spiro atoms. The lowest BCUT2D eigenvalue weighted by Gasteiger charge is -2.45. The summed E-state index contributed by atoms with van der Waals surface area (Å²) in [7, 11) is 2.09. The van der Waals surface area contributed by atoms with Gasteiger partial charge >= 0.3 is 0 Å². The van der Waals surface area contributed by atoms with Crippen LogP contribution in [0, 0.1) is 0 Å². The van der Waals surface area contributed by atoms with Crippen molar-refractivity contribution in [2.45, 2.75) is 39.2 Å². The summed E-state index contributed by atoms with van der Waals surface area (Å²) in [6.45, 7) is 14.8. The third kappa shape index (κ3) is 3.28. The van der Waals surface area contributed by atoms with Crippen molar-refractivity contribution >= 4 is 0 Å². The third-order valence-corrected chi connectivity index (χ3v) is 5.04. The van der Waals surface area contributed by atoms with Crippen LogP contribution in [0.25, 0.3) is 0 Å². The molecule has 2 unspecified atom stereocenters. The first-order valence-corrected chi connectivity index (χ1v) is 7.96. The largest absolute Gasteiger partial charge is 0.236 e. The molecule has 0 bridgehead atoms. The summed E-state index contributed by atoms with van der Waals surface area (Å²) in [4.78, 5) is 0. The quantitative estimate of drug-likeness (QED) is 0.593. The van der Waals surface area contributed by atoms with Gasteiger partial charge in [-0.05, 0) is 37.8 Å². The van der Waals surface area contributed by atoms with E-state index in [1.54, 1.807) is 5.57 Å². The Labute approximate surface area is 129 Å². The molecule has 0 aromatic rings. The highest BCUT2D eigenvalue weighted by atomic mass is 15.7. The van der Waals surface area contributed by atoms with Gasteiger partial charge < -0.3 is 0 Å². The van der Waals surface area contributed by atoms with Crippen molar-refractivity contribution in [3.63, 3.8) is 0 Å². The van der Waals surface area contributed by atoms with Crippen LogP contribution in [0.15, 0.2) is 59.8 Å². The van der Waals surface area contributed by atoms with Gasteiger partial charge in [-0.15, -0.1) is 0 Å². The second-order valence-corrected chi connectivity index (χ2v) is 6.30. The van der Waals surface area contributed by atoms with Crippen LogP contribution < -0.4 is 5.43 Å². The van der Waals surface area contributed by atoms with Crippen LogP contribution in [0.4, 0.5) is 0 Å². The lowest BCUT2D eigenvalue weighted by molar-refractivity contribution is -0.980. The van der Waals surface area contributed by atoms with E-state index in [2.05, 4.69) is 56.9 Å². The molecule has 21 heavy (non-hydrogen) atoms. The number of allylic oxidation sites excluding steroid dienone is 4. The average Bonchev–Trinajstić information content (AvgIpc) is 2.54. The van der Waals surface area contributed by atoms with Crippen LogP contribution in [0.5, 0.6) is 0 Å². The Morgan fingerprint density at radius 1 is 1.33 bits per heavy atom. The highest BCUT2D eigenvalue weighted by molar-refractivity contribution is 5.43. The zero-order valence-corrected chi connectivity index (χ0v) is 13.8. The molecule has 0 aromatic carbocycles. The summed E-state index contributed by atoms with van der Waals surface area (Å²) in [6, 6.07) is 0.488. The summed E-state index contributed by atoms with van der Waals surface area (Å²) < 4.78 is 0.914.